The molecule has 1 aromatic carbocycles. The van der Waals surface area contributed by atoms with E-state index in [1.807, 2.05) is 12.1 Å². The fraction of sp³-hybridized carbons (Fsp3) is 0.417. The zero-order valence-corrected chi connectivity index (χ0v) is 13.4. The van der Waals surface area contributed by atoms with Crippen molar-refractivity contribution in [2.24, 2.45) is 0 Å². The number of alkyl halides is 2. The molecule has 0 aliphatic rings. The highest BCUT2D eigenvalue weighted by atomic mass is 79.9. The van der Waals surface area contributed by atoms with Gasteiger partial charge in [0.15, 0.2) is 11.5 Å². The van der Waals surface area contributed by atoms with Crippen LogP contribution in [0, 0.1) is 0 Å². The van der Waals surface area contributed by atoms with E-state index in [0.29, 0.717) is 11.5 Å². The van der Waals surface area contributed by atoms with Crippen LogP contribution in [0.5, 0.6) is 11.5 Å². The smallest absolute Gasteiger partial charge is 0.320 e. The first-order valence-electron chi connectivity index (χ1n) is 5.13. The third-order valence-electron chi connectivity index (χ3n) is 2.41. The van der Waals surface area contributed by atoms with Gasteiger partial charge in [0.1, 0.15) is 4.83 Å². The highest BCUT2D eigenvalue weighted by molar-refractivity contribution is 9.12. The van der Waals surface area contributed by atoms with Gasteiger partial charge in [0.2, 0.25) is 0 Å². The summed E-state index contributed by atoms with van der Waals surface area (Å²) in [5, 5.41) is 0. The maximum atomic E-state index is 11.4. The number of hydrogen-bond acceptors (Lipinski definition) is 4. The fourth-order valence-electron chi connectivity index (χ4n) is 1.43. The summed E-state index contributed by atoms with van der Waals surface area (Å²) in [6.07, 6.45) is 0. The molecule has 0 N–H and O–H groups in total. The first kappa shape index (κ1) is 15.3. The van der Waals surface area contributed by atoms with Crippen molar-refractivity contribution in [3.8, 4) is 11.5 Å². The minimum Gasteiger partial charge on any atom is -0.493 e. The standard InChI is InChI=1S/C12H14Br2O4/c1-16-8-5-4-7(6-9(8)17-2)10(13)11(14)12(15)18-3/h4-6,10-11H,1-3H3/t10-,11+/m0/s1. The predicted octanol–water partition coefficient (Wildman–Crippen LogP) is 3.08. The van der Waals surface area contributed by atoms with Crippen LogP contribution < -0.4 is 9.47 Å². The second-order valence-electron chi connectivity index (χ2n) is 3.44. The SMILES string of the molecule is COC(=O)[C@H](Br)[C@@H](Br)c1ccc(OC)c(OC)c1. The molecule has 1 aromatic rings. The van der Waals surface area contributed by atoms with Crippen LogP contribution in [0.25, 0.3) is 0 Å². The Labute approximate surface area is 123 Å². The van der Waals surface area contributed by atoms with Gasteiger partial charge in [0.25, 0.3) is 0 Å². The van der Waals surface area contributed by atoms with Crippen molar-refractivity contribution < 1.29 is 19.0 Å². The Balaban J connectivity index is 2.99. The summed E-state index contributed by atoms with van der Waals surface area (Å²) in [6, 6.07) is 5.47. The van der Waals surface area contributed by atoms with Gasteiger partial charge in [-0.2, -0.15) is 0 Å². The molecule has 0 saturated heterocycles. The van der Waals surface area contributed by atoms with E-state index >= 15 is 0 Å². The van der Waals surface area contributed by atoms with Crippen LogP contribution in [-0.2, 0) is 9.53 Å². The van der Waals surface area contributed by atoms with Crippen molar-refractivity contribution >= 4 is 37.8 Å². The quantitative estimate of drug-likeness (QED) is 0.580. The van der Waals surface area contributed by atoms with Crippen LogP contribution in [0.1, 0.15) is 10.4 Å². The summed E-state index contributed by atoms with van der Waals surface area (Å²) in [5.74, 6) is 0.917. The van der Waals surface area contributed by atoms with Crippen molar-refractivity contribution in [3.63, 3.8) is 0 Å². The number of rotatable bonds is 5. The van der Waals surface area contributed by atoms with E-state index in [2.05, 4.69) is 36.6 Å². The average molecular weight is 382 g/mol. The van der Waals surface area contributed by atoms with Crippen LogP contribution in [0.15, 0.2) is 18.2 Å². The predicted molar refractivity (Wildman–Crippen MR) is 75.9 cm³/mol. The van der Waals surface area contributed by atoms with Crippen molar-refractivity contribution in [1.82, 2.24) is 0 Å². The maximum absolute atomic E-state index is 11.4. The Morgan fingerprint density at radius 2 is 1.72 bits per heavy atom. The van der Waals surface area contributed by atoms with E-state index < -0.39 is 4.83 Å². The highest BCUT2D eigenvalue weighted by Gasteiger charge is 2.26. The Morgan fingerprint density at radius 1 is 1.11 bits per heavy atom. The zero-order valence-electron chi connectivity index (χ0n) is 10.3. The van der Waals surface area contributed by atoms with Crippen LogP contribution in [0.3, 0.4) is 0 Å². The van der Waals surface area contributed by atoms with E-state index in [4.69, 9.17) is 9.47 Å². The van der Waals surface area contributed by atoms with Gasteiger partial charge in [-0.15, -0.1) is 0 Å². The van der Waals surface area contributed by atoms with Gasteiger partial charge in [-0.3, -0.25) is 4.79 Å². The molecule has 0 unspecified atom stereocenters. The number of ether oxygens (including phenoxy) is 3. The van der Waals surface area contributed by atoms with Gasteiger partial charge in [-0.1, -0.05) is 37.9 Å². The molecular weight excluding hydrogens is 368 g/mol. The van der Waals surface area contributed by atoms with E-state index in [9.17, 15) is 4.79 Å². The summed E-state index contributed by atoms with van der Waals surface area (Å²) in [4.78, 5) is 10.8. The lowest BCUT2D eigenvalue weighted by atomic mass is 10.1. The first-order valence-corrected chi connectivity index (χ1v) is 6.96. The molecule has 0 aliphatic heterocycles. The number of halogens is 2. The van der Waals surface area contributed by atoms with Crippen LogP contribution in [0.2, 0.25) is 0 Å². The lowest BCUT2D eigenvalue weighted by molar-refractivity contribution is -0.139. The monoisotopic (exact) mass is 380 g/mol. The molecule has 0 spiro atoms. The highest BCUT2D eigenvalue weighted by Crippen LogP contribution is 2.36. The Hall–Kier alpha value is -0.750. The van der Waals surface area contributed by atoms with Crippen molar-refractivity contribution in [2.45, 2.75) is 9.65 Å². The van der Waals surface area contributed by atoms with Gasteiger partial charge >= 0.3 is 5.97 Å². The van der Waals surface area contributed by atoms with Gasteiger partial charge in [0.05, 0.1) is 26.2 Å². The lowest BCUT2D eigenvalue weighted by Crippen LogP contribution is -2.20. The number of carbonyl (C=O) groups is 1. The van der Waals surface area contributed by atoms with Crippen LogP contribution in [-0.4, -0.2) is 32.1 Å². The number of benzene rings is 1. The minimum absolute atomic E-state index is 0.218. The van der Waals surface area contributed by atoms with Crippen molar-refractivity contribution in [1.29, 1.82) is 0 Å². The molecule has 0 radical (unpaired) electrons. The first-order chi connectivity index (χ1) is 8.54. The fourth-order valence-corrected chi connectivity index (χ4v) is 2.42. The molecule has 0 saturated carbocycles. The second-order valence-corrected chi connectivity index (χ2v) is 5.41. The molecule has 0 aliphatic carbocycles. The van der Waals surface area contributed by atoms with Gasteiger partial charge < -0.3 is 14.2 Å². The van der Waals surface area contributed by atoms with Crippen LogP contribution >= 0.6 is 31.9 Å². The van der Waals surface area contributed by atoms with Crippen molar-refractivity contribution in [3.05, 3.63) is 23.8 Å². The molecule has 0 bridgehead atoms. The number of esters is 1. The molecule has 0 aromatic heterocycles. The molecule has 100 valence electrons. The molecule has 4 nitrogen and oxygen atoms in total. The third-order valence-corrected chi connectivity index (χ3v) is 5.08. The van der Waals surface area contributed by atoms with E-state index in [-0.39, 0.29) is 10.8 Å². The molecule has 2 atom stereocenters. The maximum Gasteiger partial charge on any atom is 0.320 e. The van der Waals surface area contributed by atoms with Crippen molar-refractivity contribution in [2.75, 3.05) is 21.3 Å². The van der Waals surface area contributed by atoms with Gasteiger partial charge in [-0.05, 0) is 17.7 Å². The van der Waals surface area contributed by atoms with E-state index in [1.54, 1.807) is 20.3 Å². The third kappa shape index (κ3) is 3.38. The molecule has 0 heterocycles. The summed E-state index contributed by atoms with van der Waals surface area (Å²) < 4.78 is 15.1. The molecule has 0 amide bonds. The molecule has 1 rings (SSSR count). The zero-order chi connectivity index (χ0) is 13.7. The number of carbonyl (C=O) groups excluding carboxylic acids is 1. The normalized spacial score (nSPS) is 13.6. The largest absolute Gasteiger partial charge is 0.493 e. The topological polar surface area (TPSA) is 44.8 Å². The number of hydrogen-bond donors (Lipinski definition) is 0. The average Bonchev–Trinajstić information content (AvgIpc) is 2.43. The van der Waals surface area contributed by atoms with Gasteiger partial charge in [0, 0.05) is 0 Å². The molecule has 6 heteroatoms. The summed E-state index contributed by atoms with van der Waals surface area (Å²) in [7, 11) is 4.49. The molecular formula is C12H14Br2O4. The molecule has 18 heavy (non-hydrogen) atoms. The van der Waals surface area contributed by atoms with E-state index in [1.165, 1.54) is 7.11 Å². The lowest BCUT2D eigenvalue weighted by Gasteiger charge is -2.16. The Bertz CT molecular complexity index is 423. The summed E-state index contributed by atoms with van der Waals surface area (Å²) in [6.45, 7) is 0. The second kappa shape index (κ2) is 6.99. The number of methoxy groups -OCH3 is 3. The van der Waals surface area contributed by atoms with Gasteiger partial charge in [-0.25, -0.2) is 0 Å². The summed E-state index contributed by atoms with van der Waals surface area (Å²) in [5.41, 5.74) is 0.889. The molecule has 0 fully saturated rings. The minimum atomic E-state index is -0.472. The van der Waals surface area contributed by atoms with E-state index in [0.717, 1.165) is 5.56 Å². The summed E-state index contributed by atoms with van der Waals surface area (Å²) >= 11 is 6.75. The Morgan fingerprint density at radius 3 is 2.22 bits per heavy atom. The Kier molecular flexibility index (Phi) is 5.95. The van der Waals surface area contributed by atoms with Crippen LogP contribution in [0.4, 0.5) is 0 Å².